The number of hydrogen-bond donors (Lipinski definition) is 1. The minimum absolute atomic E-state index is 0.510. The minimum atomic E-state index is -0.510. The highest BCUT2D eigenvalue weighted by molar-refractivity contribution is 5.04. The summed E-state index contributed by atoms with van der Waals surface area (Å²) >= 11 is 0. The van der Waals surface area contributed by atoms with Gasteiger partial charge in [-0.15, -0.1) is 0 Å². The molecule has 0 heterocycles. The highest BCUT2D eigenvalue weighted by Gasteiger charge is 2.23. The SMILES string of the molecule is N#CC1(N)CCCCCCCC1. The van der Waals surface area contributed by atoms with Crippen LogP contribution in [-0.2, 0) is 0 Å². The maximum Gasteiger partial charge on any atom is 0.104 e. The molecule has 0 bridgehead atoms. The maximum atomic E-state index is 8.88. The van der Waals surface area contributed by atoms with Crippen LogP contribution in [0.3, 0.4) is 0 Å². The molecule has 2 N–H and O–H groups in total. The van der Waals surface area contributed by atoms with Crippen LogP contribution in [-0.4, -0.2) is 5.54 Å². The summed E-state index contributed by atoms with van der Waals surface area (Å²) < 4.78 is 0. The first-order valence-corrected chi connectivity index (χ1v) is 4.97. The van der Waals surface area contributed by atoms with E-state index in [1.807, 2.05) is 0 Å². The number of nitriles is 1. The van der Waals surface area contributed by atoms with E-state index in [0.29, 0.717) is 0 Å². The zero-order chi connectivity index (χ0) is 8.86. The highest BCUT2D eigenvalue weighted by atomic mass is 14.7. The van der Waals surface area contributed by atoms with Gasteiger partial charge < -0.3 is 5.73 Å². The zero-order valence-electron chi connectivity index (χ0n) is 7.68. The van der Waals surface area contributed by atoms with E-state index >= 15 is 0 Å². The lowest BCUT2D eigenvalue weighted by atomic mass is 9.91. The van der Waals surface area contributed by atoms with E-state index in [1.54, 1.807) is 0 Å². The number of hydrogen-bond acceptors (Lipinski definition) is 2. The third-order valence-corrected chi connectivity index (χ3v) is 2.72. The molecular formula is C10H18N2. The van der Waals surface area contributed by atoms with Crippen molar-refractivity contribution in [3.05, 3.63) is 0 Å². The first-order valence-electron chi connectivity index (χ1n) is 4.97. The quantitative estimate of drug-likeness (QED) is 0.600. The van der Waals surface area contributed by atoms with Crippen LogP contribution < -0.4 is 5.73 Å². The maximum absolute atomic E-state index is 8.88. The van der Waals surface area contributed by atoms with Gasteiger partial charge in [-0.3, -0.25) is 0 Å². The topological polar surface area (TPSA) is 49.8 Å². The fourth-order valence-electron chi connectivity index (χ4n) is 1.82. The molecule has 0 saturated heterocycles. The molecule has 1 aliphatic carbocycles. The van der Waals surface area contributed by atoms with Crippen LogP contribution in [0.25, 0.3) is 0 Å². The summed E-state index contributed by atoms with van der Waals surface area (Å²) in [4.78, 5) is 0. The molecule has 12 heavy (non-hydrogen) atoms. The van der Waals surface area contributed by atoms with E-state index in [-0.39, 0.29) is 0 Å². The Hall–Kier alpha value is -0.550. The number of nitrogens with two attached hydrogens (primary N) is 1. The first kappa shape index (κ1) is 9.54. The van der Waals surface area contributed by atoms with Crippen molar-refractivity contribution >= 4 is 0 Å². The Morgan fingerprint density at radius 3 is 1.75 bits per heavy atom. The average Bonchev–Trinajstić information content (AvgIpc) is 2.18. The average molecular weight is 166 g/mol. The molecule has 2 nitrogen and oxygen atoms in total. The lowest BCUT2D eigenvalue weighted by Crippen LogP contribution is -2.37. The molecule has 0 aromatic rings. The molecule has 68 valence electrons. The van der Waals surface area contributed by atoms with Gasteiger partial charge in [-0.1, -0.05) is 38.5 Å². The number of nitrogens with zero attached hydrogens (tertiary/aromatic N) is 1. The second kappa shape index (κ2) is 4.47. The van der Waals surface area contributed by atoms with Gasteiger partial charge in [0, 0.05) is 0 Å². The van der Waals surface area contributed by atoms with Gasteiger partial charge in [0.2, 0.25) is 0 Å². The van der Waals surface area contributed by atoms with Crippen LogP contribution >= 0.6 is 0 Å². The Morgan fingerprint density at radius 2 is 1.33 bits per heavy atom. The van der Waals surface area contributed by atoms with Crippen LogP contribution in [0, 0.1) is 11.3 Å². The second-order valence-electron chi connectivity index (χ2n) is 3.89. The first-order chi connectivity index (χ1) is 5.77. The third kappa shape index (κ3) is 2.83. The summed E-state index contributed by atoms with van der Waals surface area (Å²) in [6.07, 6.45) is 9.19. The van der Waals surface area contributed by atoms with Crippen LogP contribution in [0.4, 0.5) is 0 Å². The van der Waals surface area contributed by atoms with Crippen LogP contribution in [0.15, 0.2) is 0 Å². The van der Waals surface area contributed by atoms with Gasteiger partial charge in [-0.2, -0.15) is 5.26 Å². The van der Waals surface area contributed by atoms with E-state index in [0.717, 1.165) is 25.7 Å². The summed E-state index contributed by atoms with van der Waals surface area (Å²) in [6, 6.07) is 2.25. The van der Waals surface area contributed by atoms with Gasteiger partial charge in [-0.05, 0) is 12.8 Å². The second-order valence-corrected chi connectivity index (χ2v) is 3.89. The van der Waals surface area contributed by atoms with E-state index < -0.39 is 5.54 Å². The molecule has 0 aromatic heterocycles. The van der Waals surface area contributed by atoms with Crippen LogP contribution in [0.5, 0.6) is 0 Å². The van der Waals surface area contributed by atoms with Gasteiger partial charge in [0.1, 0.15) is 5.54 Å². The fourth-order valence-corrected chi connectivity index (χ4v) is 1.82. The van der Waals surface area contributed by atoms with Gasteiger partial charge in [-0.25, -0.2) is 0 Å². The zero-order valence-corrected chi connectivity index (χ0v) is 7.68. The van der Waals surface area contributed by atoms with Crippen molar-refractivity contribution in [2.75, 3.05) is 0 Å². The van der Waals surface area contributed by atoms with E-state index in [2.05, 4.69) is 6.07 Å². The lowest BCUT2D eigenvalue weighted by Gasteiger charge is -2.19. The Labute approximate surface area is 74.8 Å². The number of rotatable bonds is 0. The summed E-state index contributed by atoms with van der Waals surface area (Å²) in [6.45, 7) is 0. The van der Waals surface area contributed by atoms with Gasteiger partial charge >= 0.3 is 0 Å². The van der Waals surface area contributed by atoms with Crippen LogP contribution in [0.1, 0.15) is 51.4 Å². The molecule has 1 aliphatic rings. The van der Waals surface area contributed by atoms with E-state index in [9.17, 15) is 0 Å². The molecule has 1 fully saturated rings. The summed E-state index contributed by atoms with van der Waals surface area (Å²) in [5.41, 5.74) is 5.43. The van der Waals surface area contributed by atoms with Crippen molar-refractivity contribution in [2.45, 2.75) is 56.9 Å². The molecule has 0 unspecified atom stereocenters. The third-order valence-electron chi connectivity index (χ3n) is 2.72. The van der Waals surface area contributed by atoms with E-state index in [4.69, 9.17) is 11.0 Å². The molecule has 0 aliphatic heterocycles. The largest absolute Gasteiger partial charge is 0.313 e. The molecule has 2 heteroatoms. The molecule has 1 rings (SSSR count). The molecule has 0 radical (unpaired) electrons. The predicted octanol–water partition coefficient (Wildman–Crippen LogP) is 2.34. The van der Waals surface area contributed by atoms with Crippen molar-refractivity contribution in [3.8, 4) is 6.07 Å². The molecule has 0 amide bonds. The van der Waals surface area contributed by atoms with Crippen molar-refractivity contribution in [1.29, 1.82) is 5.26 Å². The predicted molar refractivity (Wildman–Crippen MR) is 49.5 cm³/mol. The summed E-state index contributed by atoms with van der Waals surface area (Å²) in [5, 5.41) is 8.88. The molecule has 0 spiro atoms. The molecule has 0 aromatic carbocycles. The van der Waals surface area contributed by atoms with Gasteiger partial charge in [0.25, 0.3) is 0 Å². The molecule has 0 atom stereocenters. The summed E-state index contributed by atoms with van der Waals surface area (Å²) in [7, 11) is 0. The lowest BCUT2D eigenvalue weighted by molar-refractivity contribution is 0.438. The standard InChI is InChI=1S/C10H18N2/c11-9-10(12)7-5-3-1-2-4-6-8-10/h1-8,12H2. The van der Waals surface area contributed by atoms with Crippen molar-refractivity contribution in [1.82, 2.24) is 0 Å². The Kier molecular flexibility index (Phi) is 3.55. The van der Waals surface area contributed by atoms with E-state index in [1.165, 1.54) is 25.7 Å². The van der Waals surface area contributed by atoms with Crippen molar-refractivity contribution in [2.24, 2.45) is 5.73 Å². The highest BCUT2D eigenvalue weighted by Crippen LogP contribution is 2.22. The fraction of sp³-hybridized carbons (Fsp3) is 0.900. The van der Waals surface area contributed by atoms with Crippen molar-refractivity contribution in [3.63, 3.8) is 0 Å². The van der Waals surface area contributed by atoms with Gasteiger partial charge in [0.15, 0.2) is 0 Å². The smallest absolute Gasteiger partial charge is 0.104 e. The molecular weight excluding hydrogens is 148 g/mol. The van der Waals surface area contributed by atoms with Gasteiger partial charge in [0.05, 0.1) is 6.07 Å². The summed E-state index contributed by atoms with van der Waals surface area (Å²) in [5.74, 6) is 0. The Bertz CT molecular complexity index is 159. The van der Waals surface area contributed by atoms with Crippen molar-refractivity contribution < 1.29 is 0 Å². The normalized spacial score (nSPS) is 24.7. The molecule has 1 saturated carbocycles. The Morgan fingerprint density at radius 1 is 0.917 bits per heavy atom. The Balaban J connectivity index is 2.45. The minimum Gasteiger partial charge on any atom is -0.313 e. The van der Waals surface area contributed by atoms with Crippen LogP contribution in [0.2, 0.25) is 0 Å². The monoisotopic (exact) mass is 166 g/mol.